The Balaban J connectivity index is 1.24. The molecule has 0 bridgehead atoms. The van der Waals surface area contributed by atoms with Crippen molar-refractivity contribution in [3.63, 3.8) is 0 Å². The summed E-state index contributed by atoms with van der Waals surface area (Å²) in [5.74, 6) is -2.24. The highest BCUT2D eigenvalue weighted by Crippen LogP contribution is 2.34. The van der Waals surface area contributed by atoms with E-state index in [1.165, 1.54) is 12.1 Å². The standard InChI is InChI=1S/C24H22F4N4O4/c1-11-17(36-16-5-4-15(30-22(16)28)24(34)29-8-18(25)26)10-32(11)9-12-2-3-13-20(19(12)27)31-23(33)14-6-7-35-21(13)14/h2-5,11,17-18H,6-10H2,1H3,(H,29,34)(H,31,33)/t11-,17+/m0/s1. The second-order valence-corrected chi connectivity index (χ2v) is 8.73. The number of aromatic amines is 1. The predicted octanol–water partition coefficient (Wildman–Crippen LogP) is 2.78. The van der Waals surface area contributed by atoms with Gasteiger partial charge < -0.3 is 19.8 Å². The van der Waals surface area contributed by atoms with Crippen LogP contribution in [0.1, 0.15) is 28.5 Å². The van der Waals surface area contributed by atoms with Crippen LogP contribution < -0.4 is 20.3 Å². The SMILES string of the molecule is C[C@H]1[C@H](Oc2ccc(C(=O)NCC(F)F)nc2F)CN1Cc1ccc2c3c(c(=O)[nH]c2c1F)CCO3. The van der Waals surface area contributed by atoms with Gasteiger partial charge in [-0.2, -0.15) is 4.39 Å². The highest BCUT2D eigenvalue weighted by atomic mass is 19.3. The van der Waals surface area contributed by atoms with Crippen LogP contribution in [0.5, 0.6) is 11.5 Å². The molecular formula is C24H22F4N4O4. The van der Waals surface area contributed by atoms with Crippen molar-refractivity contribution in [2.75, 3.05) is 19.7 Å². The minimum absolute atomic E-state index is 0.102. The Morgan fingerprint density at radius 3 is 2.83 bits per heavy atom. The number of benzene rings is 1. The van der Waals surface area contributed by atoms with E-state index in [1.54, 1.807) is 12.1 Å². The molecule has 1 amide bonds. The Kier molecular flexibility index (Phi) is 6.29. The van der Waals surface area contributed by atoms with Crippen molar-refractivity contribution in [1.82, 2.24) is 20.2 Å². The molecule has 1 aromatic carbocycles. The van der Waals surface area contributed by atoms with E-state index in [0.717, 1.165) is 0 Å². The molecule has 1 saturated heterocycles. The summed E-state index contributed by atoms with van der Waals surface area (Å²) < 4.78 is 65.3. The van der Waals surface area contributed by atoms with E-state index in [9.17, 15) is 22.8 Å². The number of pyridine rings is 2. The van der Waals surface area contributed by atoms with E-state index in [1.807, 2.05) is 17.1 Å². The minimum Gasteiger partial charge on any atom is -0.492 e. The molecule has 5 rings (SSSR count). The van der Waals surface area contributed by atoms with Crippen LogP contribution in [0, 0.1) is 11.8 Å². The van der Waals surface area contributed by atoms with Gasteiger partial charge in [-0.3, -0.25) is 14.5 Å². The topological polar surface area (TPSA) is 96.5 Å². The normalized spacial score (nSPS) is 19.2. The second kappa shape index (κ2) is 9.41. The largest absolute Gasteiger partial charge is 0.492 e. The number of halogens is 4. The van der Waals surface area contributed by atoms with Crippen molar-refractivity contribution in [3.8, 4) is 11.5 Å². The lowest BCUT2D eigenvalue weighted by molar-refractivity contribution is -0.0437. The predicted molar refractivity (Wildman–Crippen MR) is 121 cm³/mol. The lowest BCUT2D eigenvalue weighted by atomic mass is 9.98. The van der Waals surface area contributed by atoms with E-state index in [0.29, 0.717) is 41.8 Å². The Labute approximate surface area is 202 Å². The van der Waals surface area contributed by atoms with E-state index >= 15 is 4.39 Å². The molecule has 2 aromatic heterocycles. The smallest absolute Gasteiger partial charge is 0.270 e. The maximum absolute atomic E-state index is 15.2. The summed E-state index contributed by atoms with van der Waals surface area (Å²) in [7, 11) is 0. The number of ether oxygens (including phenoxy) is 2. The zero-order valence-corrected chi connectivity index (χ0v) is 19.1. The van der Waals surface area contributed by atoms with Gasteiger partial charge in [0, 0.05) is 36.5 Å². The maximum atomic E-state index is 15.2. The number of carbonyl (C=O) groups is 1. The molecule has 12 heteroatoms. The quantitative estimate of drug-likeness (QED) is 0.378. The molecule has 2 atom stereocenters. The van der Waals surface area contributed by atoms with Crippen LogP contribution in [0.4, 0.5) is 17.6 Å². The Morgan fingerprint density at radius 1 is 1.31 bits per heavy atom. The van der Waals surface area contributed by atoms with Gasteiger partial charge >= 0.3 is 0 Å². The van der Waals surface area contributed by atoms with Crippen molar-refractivity contribution in [2.45, 2.75) is 38.5 Å². The molecule has 0 aliphatic carbocycles. The number of hydrogen-bond donors (Lipinski definition) is 2. The molecule has 1 fully saturated rings. The molecule has 0 saturated carbocycles. The lowest BCUT2D eigenvalue weighted by Crippen LogP contribution is -2.60. The Hall–Kier alpha value is -3.67. The number of aromatic nitrogens is 2. The fraction of sp³-hybridized carbons (Fsp3) is 0.375. The molecule has 0 spiro atoms. The zero-order valence-electron chi connectivity index (χ0n) is 19.1. The summed E-state index contributed by atoms with van der Waals surface area (Å²) in [6.45, 7) is 1.98. The summed E-state index contributed by atoms with van der Waals surface area (Å²) in [5.41, 5.74) is 0.308. The van der Waals surface area contributed by atoms with Gasteiger partial charge in [0.15, 0.2) is 11.6 Å². The number of fused-ring (bicyclic) bond motifs is 3. The van der Waals surface area contributed by atoms with E-state index < -0.39 is 36.7 Å². The third-order valence-electron chi connectivity index (χ3n) is 6.50. The number of H-pyrrole nitrogens is 1. The fourth-order valence-corrected chi connectivity index (χ4v) is 4.42. The average molecular weight is 506 g/mol. The van der Waals surface area contributed by atoms with Gasteiger partial charge in [-0.1, -0.05) is 6.07 Å². The summed E-state index contributed by atoms with van der Waals surface area (Å²) in [6.07, 6.45) is -2.66. The molecular weight excluding hydrogens is 484 g/mol. The van der Waals surface area contributed by atoms with Crippen molar-refractivity contribution in [3.05, 3.63) is 63.2 Å². The van der Waals surface area contributed by atoms with Crippen LogP contribution in [0.2, 0.25) is 0 Å². The van der Waals surface area contributed by atoms with Crippen molar-refractivity contribution in [1.29, 1.82) is 0 Å². The van der Waals surface area contributed by atoms with Crippen LogP contribution in [0.15, 0.2) is 29.1 Å². The van der Waals surface area contributed by atoms with Gasteiger partial charge in [0.25, 0.3) is 23.8 Å². The molecule has 2 N–H and O–H groups in total. The molecule has 2 aliphatic rings. The first-order valence-corrected chi connectivity index (χ1v) is 11.4. The number of nitrogens with zero attached hydrogens (tertiary/aromatic N) is 2. The van der Waals surface area contributed by atoms with Crippen LogP contribution >= 0.6 is 0 Å². The summed E-state index contributed by atoms with van der Waals surface area (Å²) in [5, 5.41) is 2.48. The number of amides is 1. The Morgan fingerprint density at radius 2 is 2.11 bits per heavy atom. The number of rotatable bonds is 7. The lowest BCUT2D eigenvalue weighted by Gasteiger charge is -2.45. The molecule has 8 nitrogen and oxygen atoms in total. The monoisotopic (exact) mass is 506 g/mol. The van der Waals surface area contributed by atoms with E-state index in [2.05, 4.69) is 9.97 Å². The van der Waals surface area contributed by atoms with Gasteiger partial charge in [0.2, 0.25) is 0 Å². The number of hydrogen-bond acceptors (Lipinski definition) is 6. The highest BCUT2D eigenvalue weighted by molar-refractivity contribution is 5.92. The van der Waals surface area contributed by atoms with Gasteiger partial charge in [0.05, 0.1) is 24.2 Å². The molecule has 36 heavy (non-hydrogen) atoms. The number of carbonyl (C=O) groups excluding carboxylic acids is 1. The molecule has 0 radical (unpaired) electrons. The minimum atomic E-state index is -2.73. The second-order valence-electron chi connectivity index (χ2n) is 8.73. The third kappa shape index (κ3) is 4.36. The van der Waals surface area contributed by atoms with Crippen molar-refractivity contribution in [2.24, 2.45) is 0 Å². The number of nitrogens with one attached hydrogen (secondary N) is 2. The van der Waals surface area contributed by atoms with Gasteiger partial charge in [-0.15, -0.1) is 0 Å². The van der Waals surface area contributed by atoms with Gasteiger partial charge in [-0.05, 0) is 25.1 Å². The zero-order chi connectivity index (χ0) is 25.6. The van der Waals surface area contributed by atoms with Gasteiger partial charge in [0.1, 0.15) is 17.5 Å². The first kappa shape index (κ1) is 24.0. The fourth-order valence-electron chi connectivity index (χ4n) is 4.42. The van der Waals surface area contributed by atoms with Crippen LogP contribution in [0.25, 0.3) is 10.9 Å². The third-order valence-corrected chi connectivity index (χ3v) is 6.50. The van der Waals surface area contributed by atoms with E-state index in [-0.39, 0.29) is 35.1 Å². The first-order valence-electron chi connectivity index (χ1n) is 11.4. The summed E-state index contributed by atoms with van der Waals surface area (Å²) in [6, 6.07) is 5.59. The van der Waals surface area contributed by atoms with Crippen molar-refractivity contribution >= 4 is 16.8 Å². The van der Waals surface area contributed by atoms with E-state index in [4.69, 9.17) is 9.47 Å². The number of alkyl halides is 2. The molecule has 4 heterocycles. The van der Waals surface area contributed by atoms with Crippen LogP contribution in [-0.2, 0) is 13.0 Å². The molecule has 2 aliphatic heterocycles. The van der Waals surface area contributed by atoms with Gasteiger partial charge in [-0.25, -0.2) is 18.2 Å². The highest BCUT2D eigenvalue weighted by Gasteiger charge is 2.38. The van der Waals surface area contributed by atoms with Crippen LogP contribution in [0.3, 0.4) is 0 Å². The molecule has 3 aromatic rings. The average Bonchev–Trinajstić information content (AvgIpc) is 3.35. The Bertz CT molecular complexity index is 1400. The molecule has 0 unspecified atom stereocenters. The van der Waals surface area contributed by atoms with Crippen LogP contribution in [-0.4, -0.2) is 59.0 Å². The summed E-state index contributed by atoms with van der Waals surface area (Å²) in [4.78, 5) is 32.1. The summed E-state index contributed by atoms with van der Waals surface area (Å²) >= 11 is 0. The maximum Gasteiger partial charge on any atom is 0.270 e. The number of likely N-dealkylation sites (tertiary alicyclic amines) is 1. The molecule has 190 valence electrons. The first-order chi connectivity index (χ1) is 17.2. The van der Waals surface area contributed by atoms with Crippen molar-refractivity contribution < 1.29 is 31.8 Å².